The van der Waals surface area contributed by atoms with Crippen molar-refractivity contribution in [2.24, 2.45) is 0 Å². The molecule has 2 unspecified atom stereocenters. The molecule has 5 nitrogen and oxygen atoms in total. The molecule has 2 rings (SSSR count). The zero-order chi connectivity index (χ0) is 13.8. The van der Waals surface area contributed by atoms with Crippen LogP contribution in [-0.4, -0.2) is 47.4 Å². The summed E-state index contributed by atoms with van der Waals surface area (Å²) in [5.41, 5.74) is 0.863. The highest BCUT2D eigenvalue weighted by Gasteiger charge is 2.49. The second-order valence-electron chi connectivity index (χ2n) is 4.21. The van der Waals surface area contributed by atoms with Crippen LogP contribution in [0.25, 0.3) is 0 Å². The first kappa shape index (κ1) is 14.3. The van der Waals surface area contributed by atoms with Crippen LogP contribution in [0.15, 0.2) is 36.1 Å². The van der Waals surface area contributed by atoms with Gasteiger partial charge in [0.1, 0.15) is 12.4 Å². The number of esters is 1. The van der Waals surface area contributed by atoms with Crippen molar-refractivity contribution in [3.8, 4) is 0 Å². The highest BCUT2D eigenvalue weighted by molar-refractivity contribution is 7.37. The lowest BCUT2D eigenvalue weighted by Gasteiger charge is -2.33. The fraction of sp³-hybridized carbons (Fsp3) is 0.462. The zero-order valence-corrected chi connectivity index (χ0v) is 11.8. The maximum absolute atomic E-state index is 12.1. The molecule has 0 aromatic heterocycles. The Hall–Kier alpha value is -1.16. The topological polar surface area (TPSA) is 59.0 Å². The Morgan fingerprint density at radius 2 is 2.53 bits per heavy atom. The first-order valence-electron chi connectivity index (χ1n) is 6.15. The van der Waals surface area contributed by atoms with E-state index in [4.69, 9.17) is 14.6 Å². The first-order valence-corrected chi connectivity index (χ1v) is 7.30. The highest BCUT2D eigenvalue weighted by Crippen LogP contribution is 2.46. The van der Waals surface area contributed by atoms with E-state index in [1.165, 1.54) is 6.08 Å². The summed E-state index contributed by atoms with van der Waals surface area (Å²) in [4.78, 5) is 12.1. The number of carbonyl (C=O) groups excluding carboxylic acids is 1. The molecular formula is C13H18NO4P. The van der Waals surface area contributed by atoms with Crippen molar-refractivity contribution < 1.29 is 19.4 Å². The molecule has 1 N–H and O–H groups in total. The van der Waals surface area contributed by atoms with Crippen LogP contribution in [0.4, 0.5) is 0 Å². The summed E-state index contributed by atoms with van der Waals surface area (Å²) in [6.45, 7) is 5.59. The van der Waals surface area contributed by atoms with Gasteiger partial charge in [-0.15, -0.1) is 0 Å². The third-order valence-electron chi connectivity index (χ3n) is 3.11. The van der Waals surface area contributed by atoms with Crippen LogP contribution < -0.4 is 0 Å². The van der Waals surface area contributed by atoms with Crippen LogP contribution in [0.2, 0.25) is 0 Å². The zero-order valence-electron chi connectivity index (χ0n) is 10.8. The minimum absolute atomic E-state index is 0.0331. The van der Waals surface area contributed by atoms with Crippen molar-refractivity contribution in [3.63, 3.8) is 0 Å². The Labute approximate surface area is 114 Å². The molecule has 2 fully saturated rings. The molecule has 19 heavy (non-hydrogen) atoms. The van der Waals surface area contributed by atoms with Crippen LogP contribution in [0.1, 0.15) is 6.92 Å². The van der Waals surface area contributed by atoms with Crippen LogP contribution >= 0.6 is 8.73 Å². The minimum atomic E-state index is -0.507. The van der Waals surface area contributed by atoms with E-state index in [0.29, 0.717) is 14.5 Å². The van der Waals surface area contributed by atoms with Crippen LogP contribution in [0.5, 0.6) is 0 Å². The lowest BCUT2D eigenvalue weighted by molar-refractivity contribution is -0.145. The number of nitrogens with zero attached hydrogens (tertiary/aromatic N) is 1. The van der Waals surface area contributed by atoms with Crippen molar-refractivity contribution in [1.29, 1.82) is 0 Å². The first-order chi connectivity index (χ1) is 9.21. The van der Waals surface area contributed by atoms with E-state index in [9.17, 15) is 4.79 Å². The summed E-state index contributed by atoms with van der Waals surface area (Å²) in [6, 6.07) is -0.507. The second kappa shape index (κ2) is 6.33. The number of rotatable bonds is 5. The number of hydrogen-bond donors (Lipinski definition) is 1. The average molecular weight is 283 g/mol. The molecule has 104 valence electrons. The molecule has 0 bridgehead atoms. The minimum Gasteiger partial charge on any atom is -0.477 e. The Morgan fingerprint density at radius 3 is 3.05 bits per heavy atom. The quantitative estimate of drug-likeness (QED) is 0.466. The number of carbonyl (C=O) groups is 1. The van der Waals surface area contributed by atoms with Gasteiger partial charge < -0.3 is 14.6 Å². The molecule has 2 aliphatic heterocycles. The lowest BCUT2D eigenvalue weighted by Crippen LogP contribution is -2.44. The number of fused-ring (bicyclic) bond motifs is 1. The van der Waals surface area contributed by atoms with E-state index < -0.39 is 6.04 Å². The Balaban J connectivity index is 2.00. The molecule has 2 heterocycles. The Morgan fingerprint density at radius 1 is 1.74 bits per heavy atom. The van der Waals surface area contributed by atoms with E-state index in [1.54, 1.807) is 6.08 Å². The molecule has 3 atom stereocenters. The highest BCUT2D eigenvalue weighted by atomic mass is 31.1. The molecular weight excluding hydrogens is 265 g/mol. The van der Waals surface area contributed by atoms with Gasteiger partial charge in [0, 0.05) is 6.16 Å². The number of aliphatic hydroxyl groups is 1. The molecule has 0 spiro atoms. The molecule has 0 saturated carbocycles. The van der Waals surface area contributed by atoms with Crippen LogP contribution in [0, 0.1) is 0 Å². The molecule has 0 aliphatic carbocycles. The van der Waals surface area contributed by atoms with Gasteiger partial charge in [-0.05, 0) is 27.3 Å². The molecule has 0 radical (unpaired) electrons. The number of aliphatic hydroxyl groups excluding tert-OH is 1. The van der Waals surface area contributed by atoms with Gasteiger partial charge in [0.25, 0.3) is 0 Å². The predicted molar refractivity (Wildman–Crippen MR) is 73.8 cm³/mol. The summed E-state index contributed by atoms with van der Waals surface area (Å²) in [5.74, 6) is 0.165. The van der Waals surface area contributed by atoms with Gasteiger partial charge in [-0.25, -0.2) is 9.46 Å². The normalized spacial score (nSPS) is 29.8. The van der Waals surface area contributed by atoms with Gasteiger partial charge in [0.05, 0.1) is 6.61 Å². The van der Waals surface area contributed by atoms with Crippen LogP contribution in [0.3, 0.4) is 0 Å². The van der Waals surface area contributed by atoms with Gasteiger partial charge in [-0.1, -0.05) is 18.7 Å². The summed E-state index contributed by atoms with van der Waals surface area (Å²) in [7, 11) is 0.568. The number of allylic oxidation sites excluding steroid dienone is 1. The van der Waals surface area contributed by atoms with Crippen molar-refractivity contribution in [3.05, 3.63) is 36.1 Å². The maximum atomic E-state index is 12.1. The summed E-state index contributed by atoms with van der Waals surface area (Å²) < 4.78 is 12.8. The monoisotopic (exact) mass is 283 g/mol. The Kier molecular flexibility index (Phi) is 4.75. The molecule has 2 saturated heterocycles. The average Bonchev–Trinajstić information content (AvgIpc) is 2.63. The smallest absolute Gasteiger partial charge is 0.332 e. The SMILES string of the molecule is C=C/C(=C\C)COC(=O)C1/C(=C\CO)O[C@@H]2CPN12. The summed E-state index contributed by atoms with van der Waals surface area (Å²) in [6.07, 6.45) is 5.94. The second-order valence-corrected chi connectivity index (χ2v) is 5.45. The van der Waals surface area contributed by atoms with E-state index in [2.05, 4.69) is 6.58 Å². The molecule has 0 amide bonds. The summed E-state index contributed by atoms with van der Waals surface area (Å²) in [5, 5.41) is 8.97. The molecule has 6 heteroatoms. The number of hydrogen-bond acceptors (Lipinski definition) is 5. The predicted octanol–water partition coefficient (Wildman–Crippen LogP) is 1.17. The van der Waals surface area contributed by atoms with Crippen molar-refractivity contribution >= 4 is 14.7 Å². The van der Waals surface area contributed by atoms with Crippen molar-refractivity contribution in [2.45, 2.75) is 19.2 Å². The molecule has 2 aliphatic rings. The van der Waals surface area contributed by atoms with E-state index in [-0.39, 0.29) is 25.4 Å². The fourth-order valence-corrected chi connectivity index (χ4v) is 3.05. The largest absolute Gasteiger partial charge is 0.477 e. The molecule has 0 aromatic carbocycles. The van der Waals surface area contributed by atoms with Crippen molar-refractivity contribution in [1.82, 2.24) is 4.67 Å². The van der Waals surface area contributed by atoms with Crippen LogP contribution in [-0.2, 0) is 14.3 Å². The standard InChI is InChI=1S/C13H18NO4P/c1-3-9(4-2)7-17-13(16)12-10(5-6-15)18-11-8-19-14(11)12/h3-5,11-12,15,19H,1,6-8H2,2H3/b9-4+,10-5+/t11-,12?/m1/s1. The third kappa shape index (κ3) is 2.89. The lowest BCUT2D eigenvalue weighted by atomic mass is 10.2. The molecule has 0 aromatic rings. The summed E-state index contributed by atoms with van der Waals surface area (Å²) >= 11 is 0. The van der Waals surface area contributed by atoms with Gasteiger partial charge in [0.15, 0.2) is 12.3 Å². The van der Waals surface area contributed by atoms with E-state index in [1.807, 2.05) is 17.7 Å². The van der Waals surface area contributed by atoms with Crippen molar-refractivity contribution in [2.75, 3.05) is 19.4 Å². The van der Waals surface area contributed by atoms with Gasteiger partial charge >= 0.3 is 5.97 Å². The van der Waals surface area contributed by atoms with Gasteiger partial charge in [0.2, 0.25) is 0 Å². The maximum Gasteiger partial charge on any atom is 0.332 e. The fourth-order valence-electron chi connectivity index (χ4n) is 1.96. The number of ether oxygens (including phenoxy) is 2. The van der Waals surface area contributed by atoms with Gasteiger partial charge in [-0.2, -0.15) is 0 Å². The van der Waals surface area contributed by atoms with E-state index >= 15 is 0 Å². The third-order valence-corrected chi connectivity index (χ3v) is 4.55. The van der Waals surface area contributed by atoms with Gasteiger partial charge in [-0.3, -0.25) is 0 Å². The van der Waals surface area contributed by atoms with E-state index in [0.717, 1.165) is 11.7 Å². The Bertz CT molecular complexity index is 432.